The normalized spacial score (nSPS) is 13.9. The van der Waals surface area contributed by atoms with E-state index in [1.807, 2.05) is 0 Å². The average molecular weight is 246 g/mol. The Kier molecular flexibility index (Phi) is 3.93. The molecule has 7 heteroatoms. The number of aliphatic carboxylic acids is 1. The summed E-state index contributed by atoms with van der Waals surface area (Å²) in [5.74, 6) is -0.703. The topological polar surface area (TPSA) is 93.1 Å². The number of hydrogen-bond donors (Lipinski definition) is 2. The minimum Gasteiger partial charge on any atom is -0.497 e. The quantitative estimate of drug-likeness (QED) is 0.761. The van der Waals surface area contributed by atoms with E-state index in [-0.39, 0.29) is 5.75 Å². The minimum atomic E-state index is -4.13. The summed E-state index contributed by atoms with van der Waals surface area (Å²) in [4.78, 5) is 19.5. The highest BCUT2D eigenvalue weighted by molar-refractivity contribution is 7.54. The second kappa shape index (κ2) is 5.01. The van der Waals surface area contributed by atoms with Gasteiger partial charge >= 0.3 is 13.6 Å². The van der Waals surface area contributed by atoms with Crippen molar-refractivity contribution in [3.05, 3.63) is 24.3 Å². The van der Waals surface area contributed by atoms with E-state index in [1.54, 1.807) is 0 Å². The van der Waals surface area contributed by atoms with Crippen molar-refractivity contribution in [3.63, 3.8) is 0 Å². The Morgan fingerprint density at radius 3 is 2.25 bits per heavy atom. The summed E-state index contributed by atoms with van der Waals surface area (Å²) in [6.45, 7) is 0. The molecule has 0 saturated heterocycles. The predicted molar refractivity (Wildman–Crippen MR) is 56.0 cm³/mol. The highest BCUT2D eigenvalue weighted by Crippen LogP contribution is 2.42. The summed E-state index contributed by atoms with van der Waals surface area (Å²) >= 11 is 0. The van der Waals surface area contributed by atoms with Gasteiger partial charge in [0.05, 0.1) is 7.11 Å². The second-order valence-electron chi connectivity index (χ2n) is 2.96. The number of rotatable bonds is 5. The van der Waals surface area contributed by atoms with Crippen LogP contribution >= 0.6 is 7.60 Å². The Hall–Kier alpha value is -1.52. The first kappa shape index (κ1) is 12.5. The smallest absolute Gasteiger partial charge is 0.387 e. The van der Waals surface area contributed by atoms with Gasteiger partial charge in [0, 0.05) is 0 Å². The Bertz CT molecular complexity index is 413. The van der Waals surface area contributed by atoms with E-state index in [2.05, 4.69) is 4.52 Å². The molecule has 16 heavy (non-hydrogen) atoms. The number of methoxy groups -OCH3 is 1. The van der Waals surface area contributed by atoms with Gasteiger partial charge < -0.3 is 19.3 Å². The standard InChI is InChI=1S/C9H11O6P/c1-14-7-2-4-8(5-3-7)15-16(12,13)6-9(10)11/h2-5H,6H2,1H3,(H,10,11)(H,12,13). The molecular weight excluding hydrogens is 235 g/mol. The van der Waals surface area contributed by atoms with Crippen LogP contribution in [0.3, 0.4) is 0 Å². The van der Waals surface area contributed by atoms with Gasteiger partial charge in [-0.25, -0.2) is 4.57 Å². The third-order valence-electron chi connectivity index (χ3n) is 1.64. The number of hydrogen-bond acceptors (Lipinski definition) is 4. The van der Waals surface area contributed by atoms with Gasteiger partial charge in [-0.05, 0) is 24.3 Å². The van der Waals surface area contributed by atoms with Crippen molar-refractivity contribution in [2.45, 2.75) is 0 Å². The molecule has 1 atom stereocenters. The highest BCUT2D eigenvalue weighted by Gasteiger charge is 2.25. The summed E-state index contributed by atoms with van der Waals surface area (Å²) in [6, 6.07) is 5.92. The Morgan fingerprint density at radius 1 is 1.31 bits per heavy atom. The Balaban J connectivity index is 2.72. The molecule has 1 aromatic rings. The maximum Gasteiger partial charge on any atom is 0.387 e. The van der Waals surface area contributed by atoms with Crippen molar-refractivity contribution in [1.29, 1.82) is 0 Å². The van der Waals surface area contributed by atoms with Crippen molar-refractivity contribution in [2.24, 2.45) is 0 Å². The highest BCUT2D eigenvalue weighted by atomic mass is 31.2. The number of carboxylic acid groups (broad SMARTS) is 1. The fourth-order valence-corrected chi connectivity index (χ4v) is 1.86. The summed E-state index contributed by atoms with van der Waals surface area (Å²) in [7, 11) is -2.65. The zero-order valence-electron chi connectivity index (χ0n) is 8.49. The molecule has 88 valence electrons. The van der Waals surface area contributed by atoms with Crippen molar-refractivity contribution >= 4 is 13.6 Å². The van der Waals surface area contributed by atoms with Gasteiger partial charge in [0.1, 0.15) is 11.5 Å². The molecule has 0 spiro atoms. The molecule has 0 heterocycles. The van der Waals surface area contributed by atoms with Crippen LogP contribution in [0.1, 0.15) is 0 Å². The van der Waals surface area contributed by atoms with Crippen LogP contribution in [0.4, 0.5) is 0 Å². The summed E-state index contributed by atoms with van der Waals surface area (Å²) in [5.41, 5.74) is 0. The van der Waals surface area contributed by atoms with Gasteiger partial charge in [-0.15, -0.1) is 0 Å². The number of ether oxygens (including phenoxy) is 1. The van der Waals surface area contributed by atoms with Gasteiger partial charge in [0.2, 0.25) is 0 Å². The van der Waals surface area contributed by atoms with E-state index >= 15 is 0 Å². The van der Waals surface area contributed by atoms with Crippen LogP contribution in [0, 0.1) is 0 Å². The van der Waals surface area contributed by atoms with Crippen LogP contribution in [0.2, 0.25) is 0 Å². The average Bonchev–Trinajstić information content (AvgIpc) is 2.16. The third-order valence-corrected chi connectivity index (χ3v) is 2.81. The molecule has 0 amide bonds. The molecule has 0 saturated carbocycles. The lowest BCUT2D eigenvalue weighted by atomic mass is 10.3. The van der Waals surface area contributed by atoms with Gasteiger partial charge in [0.15, 0.2) is 6.16 Å². The fourth-order valence-electron chi connectivity index (χ4n) is 1.00. The third kappa shape index (κ3) is 3.92. The van der Waals surface area contributed by atoms with Crippen molar-refractivity contribution in [2.75, 3.05) is 13.3 Å². The van der Waals surface area contributed by atoms with Crippen molar-refractivity contribution in [1.82, 2.24) is 0 Å². The van der Waals surface area contributed by atoms with Crippen molar-refractivity contribution in [3.8, 4) is 11.5 Å². The van der Waals surface area contributed by atoms with E-state index in [1.165, 1.54) is 31.4 Å². The van der Waals surface area contributed by atoms with Crippen LogP contribution < -0.4 is 9.26 Å². The molecule has 0 aliphatic carbocycles. The summed E-state index contributed by atoms with van der Waals surface area (Å²) in [6.07, 6.45) is -0.932. The Morgan fingerprint density at radius 2 is 1.81 bits per heavy atom. The zero-order valence-corrected chi connectivity index (χ0v) is 9.39. The van der Waals surface area contributed by atoms with Gasteiger partial charge in [-0.2, -0.15) is 0 Å². The molecule has 0 bridgehead atoms. The first-order chi connectivity index (χ1) is 7.43. The van der Waals surface area contributed by atoms with E-state index in [0.29, 0.717) is 5.75 Å². The van der Waals surface area contributed by atoms with Crippen LogP contribution in [0.5, 0.6) is 11.5 Å². The van der Waals surface area contributed by atoms with Crippen LogP contribution in [-0.2, 0) is 9.36 Å². The SMILES string of the molecule is COc1ccc(OP(=O)(O)CC(=O)O)cc1. The molecule has 0 aromatic heterocycles. The first-order valence-corrected chi connectivity index (χ1v) is 6.06. The van der Waals surface area contributed by atoms with Crippen LogP contribution in [0.15, 0.2) is 24.3 Å². The van der Waals surface area contributed by atoms with E-state index in [4.69, 9.17) is 9.84 Å². The Labute approximate surface area is 92.0 Å². The summed E-state index contributed by atoms with van der Waals surface area (Å²) in [5, 5.41) is 8.38. The molecule has 1 unspecified atom stereocenters. The molecule has 1 rings (SSSR count). The fraction of sp³-hybridized carbons (Fsp3) is 0.222. The van der Waals surface area contributed by atoms with Crippen LogP contribution in [-0.4, -0.2) is 29.2 Å². The van der Waals surface area contributed by atoms with Gasteiger partial charge in [-0.3, -0.25) is 4.79 Å². The van der Waals surface area contributed by atoms with E-state index in [9.17, 15) is 14.3 Å². The maximum absolute atomic E-state index is 11.3. The predicted octanol–water partition coefficient (Wildman–Crippen LogP) is 1.34. The number of carbonyl (C=O) groups is 1. The lowest BCUT2D eigenvalue weighted by Gasteiger charge is -2.11. The first-order valence-electron chi connectivity index (χ1n) is 4.30. The molecule has 0 radical (unpaired) electrons. The lowest BCUT2D eigenvalue weighted by molar-refractivity contribution is -0.134. The second-order valence-corrected chi connectivity index (χ2v) is 4.73. The zero-order chi connectivity index (χ0) is 12.2. The van der Waals surface area contributed by atoms with Crippen LogP contribution in [0.25, 0.3) is 0 Å². The molecule has 6 nitrogen and oxygen atoms in total. The van der Waals surface area contributed by atoms with Gasteiger partial charge in [-0.1, -0.05) is 0 Å². The molecule has 0 fully saturated rings. The molecule has 0 aliphatic rings. The molecule has 0 aliphatic heterocycles. The largest absolute Gasteiger partial charge is 0.497 e. The summed E-state index contributed by atoms with van der Waals surface area (Å²) < 4.78 is 20.8. The van der Waals surface area contributed by atoms with E-state index < -0.39 is 19.7 Å². The van der Waals surface area contributed by atoms with Crippen molar-refractivity contribution < 1.29 is 28.6 Å². The molecule has 1 aromatic carbocycles. The molecular formula is C9H11O6P. The lowest BCUT2D eigenvalue weighted by Crippen LogP contribution is -2.07. The number of carboxylic acids is 1. The van der Waals surface area contributed by atoms with E-state index in [0.717, 1.165) is 0 Å². The monoisotopic (exact) mass is 246 g/mol. The number of benzene rings is 1. The maximum atomic E-state index is 11.3. The minimum absolute atomic E-state index is 0.118. The van der Waals surface area contributed by atoms with Gasteiger partial charge in [0.25, 0.3) is 0 Å². The molecule has 2 N–H and O–H groups in total.